The highest BCUT2D eigenvalue weighted by molar-refractivity contribution is 7.98. The first-order valence-electron chi connectivity index (χ1n) is 6.50. The Balaban J connectivity index is 2.26. The van der Waals surface area contributed by atoms with E-state index in [1.807, 2.05) is 25.3 Å². The molecule has 5 nitrogen and oxygen atoms in total. The lowest BCUT2D eigenvalue weighted by atomic mass is 10.3. The number of ether oxygens (including phenoxy) is 1. The number of nitrogens with one attached hydrogen (secondary N) is 2. The Kier molecular flexibility index (Phi) is 7.57. The Hall–Kier alpha value is -1.69. The van der Waals surface area contributed by atoms with Crippen molar-refractivity contribution in [3.8, 4) is 5.75 Å². The largest absolute Gasteiger partial charge is 0.484 e. The molecule has 0 bridgehead atoms. The molecule has 20 heavy (non-hydrogen) atoms. The second-order valence-corrected chi connectivity index (χ2v) is 5.00. The SMILES string of the molecule is CCCCNC(=O)NC(=O)COc1ccc(SC)cc1. The van der Waals surface area contributed by atoms with Gasteiger partial charge >= 0.3 is 6.03 Å². The van der Waals surface area contributed by atoms with Crippen molar-refractivity contribution < 1.29 is 14.3 Å². The highest BCUT2D eigenvalue weighted by Crippen LogP contribution is 2.18. The monoisotopic (exact) mass is 296 g/mol. The van der Waals surface area contributed by atoms with E-state index in [1.165, 1.54) is 0 Å². The van der Waals surface area contributed by atoms with E-state index in [0.717, 1.165) is 17.7 Å². The van der Waals surface area contributed by atoms with Gasteiger partial charge in [0.25, 0.3) is 5.91 Å². The molecular weight excluding hydrogens is 276 g/mol. The van der Waals surface area contributed by atoms with Gasteiger partial charge in [0.2, 0.25) is 0 Å². The van der Waals surface area contributed by atoms with Crippen molar-refractivity contribution in [1.82, 2.24) is 10.6 Å². The molecule has 0 spiro atoms. The average Bonchev–Trinajstić information content (AvgIpc) is 2.46. The summed E-state index contributed by atoms with van der Waals surface area (Å²) >= 11 is 1.63. The Morgan fingerprint density at radius 3 is 2.55 bits per heavy atom. The van der Waals surface area contributed by atoms with E-state index >= 15 is 0 Å². The molecule has 1 aromatic carbocycles. The van der Waals surface area contributed by atoms with Gasteiger partial charge in [0.1, 0.15) is 5.75 Å². The van der Waals surface area contributed by atoms with Crippen LogP contribution in [0.25, 0.3) is 0 Å². The van der Waals surface area contributed by atoms with Crippen molar-refractivity contribution in [2.45, 2.75) is 24.7 Å². The molecule has 0 unspecified atom stereocenters. The van der Waals surface area contributed by atoms with Crippen LogP contribution in [0.2, 0.25) is 0 Å². The lowest BCUT2D eigenvalue weighted by Gasteiger charge is -2.08. The zero-order valence-electron chi connectivity index (χ0n) is 11.8. The quantitative estimate of drug-likeness (QED) is 0.599. The van der Waals surface area contributed by atoms with Gasteiger partial charge in [-0.15, -0.1) is 11.8 Å². The molecule has 0 saturated carbocycles. The molecule has 0 aliphatic rings. The number of urea groups is 1. The summed E-state index contributed by atoms with van der Waals surface area (Å²) in [6.07, 6.45) is 3.86. The smallest absolute Gasteiger partial charge is 0.321 e. The molecule has 6 heteroatoms. The normalized spacial score (nSPS) is 9.90. The van der Waals surface area contributed by atoms with E-state index in [0.29, 0.717) is 12.3 Å². The van der Waals surface area contributed by atoms with Crippen LogP contribution in [0.4, 0.5) is 4.79 Å². The maximum Gasteiger partial charge on any atom is 0.321 e. The summed E-state index contributed by atoms with van der Waals surface area (Å²) in [6.45, 7) is 2.41. The first-order valence-corrected chi connectivity index (χ1v) is 7.72. The van der Waals surface area contributed by atoms with Gasteiger partial charge < -0.3 is 10.1 Å². The fourth-order valence-electron chi connectivity index (χ4n) is 1.41. The molecule has 2 N–H and O–H groups in total. The molecule has 0 radical (unpaired) electrons. The number of hydrogen-bond donors (Lipinski definition) is 2. The Morgan fingerprint density at radius 1 is 1.25 bits per heavy atom. The minimum atomic E-state index is -0.482. The van der Waals surface area contributed by atoms with Crippen molar-refractivity contribution in [2.24, 2.45) is 0 Å². The van der Waals surface area contributed by atoms with Gasteiger partial charge in [0.05, 0.1) is 0 Å². The summed E-state index contributed by atoms with van der Waals surface area (Å²) in [5, 5.41) is 4.81. The summed E-state index contributed by atoms with van der Waals surface area (Å²) < 4.78 is 5.29. The second kappa shape index (κ2) is 9.25. The summed E-state index contributed by atoms with van der Waals surface area (Å²) in [4.78, 5) is 23.9. The number of thioether (sulfide) groups is 1. The molecule has 0 heterocycles. The third-order valence-corrected chi connectivity index (χ3v) is 3.24. The van der Waals surface area contributed by atoms with Crippen LogP contribution in [0.5, 0.6) is 5.75 Å². The number of unbranched alkanes of at least 4 members (excludes halogenated alkanes) is 1. The van der Waals surface area contributed by atoms with Crippen LogP contribution in [-0.2, 0) is 4.79 Å². The van der Waals surface area contributed by atoms with Gasteiger partial charge in [0, 0.05) is 11.4 Å². The number of carbonyl (C=O) groups is 2. The highest BCUT2D eigenvalue weighted by atomic mass is 32.2. The lowest BCUT2D eigenvalue weighted by Crippen LogP contribution is -2.41. The summed E-state index contributed by atoms with van der Waals surface area (Å²) in [7, 11) is 0. The number of imide groups is 1. The van der Waals surface area contributed by atoms with E-state index in [9.17, 15) is 9.59 Å². The van der Waals surface area contributed by atoms with E-state index in [-0.39, 0.29) is 6.61 Å². The van der Waals surface area contributed by atoms with Crippen molar-refractivity contribution in [2.75, 3.05) is 19.4 Å². The molecule has 0 saturated heterocycles. The van der Waals surface area contributed by atoms with Crippen LogP contribution >= 0.6 is 11.8 Å². The Bertz CT molecular complexity index is 435. The van der Waals surface area contributed by atoms with Gasteiger partial charge in [-0.25, -0.2) is 4.79 Å². The zero-order valence-corrected chi connectivity index (χ0v) is 12.6. The Labute approximate surface area is 123 Å². The molecule has 3 amide bonds. The predicted molar refractivity (Wildman–Crippen MR) is 80.2 cm³/mol. The van der Waals surface area contributed by atoms with E-state index in [2.05, 4.69) is 10.6 Å². The molecule has 0 fully saturated rings. The minimum Gasteiger partial charge on any atom is -0.484 e. The highest BCUT2D eigenvalue weighted by Gasteiger charge is 2.07. The maximum atomic E-state index is 11.5. The standard InChI is InChI=1S/C14H20N2O3S/c1-3-4-9-15-14(18)16-13(17)10-19-11-5-7-12(20-2)8-6-11/h5-8H,3-4,9-10H2,1-2H3,(H2,15,16,17,18). The number of hydrogen-bond acceptors (Lipinski definition) is 4. The van der Waals surface area contributed by atoms with Gasteiger partial charge in [-0.05, 0) is 36.9 Å². The number of rotatable bonds is 7. The second-order valence-electron chi connectivity index (χ2n) is 4.12. The van der Waals surface area contributed by atoms with Crippen LogP contribution in [0.3, 0.4) is 0 Å². The van der Waals surface area contributed by atoms with Gasteiger partial charge in [-0.2, -0.15) is 0 Å². The van der Waals surface area contributed by atoms with Crippen molar-refractivity contribution in [1.29, 1.82) is 0 Å². The first-order chi connectivity index (χ1) is 9.65. The minimum absolute atomic E-state index is 0.181. The van der Waals surface area contributed by atoms with Crippen molar-refractivity contribution in [3.05, 3.63) is 24.3 Å². The van der Waals surface area contributed by atoms with Gasteiger partial charge in [-0.3, -0.25) is 10.1 Å². The fraction of sp³-hybridized carbons (Fsp3) is 0.429. The topological polar surface area (TPSA) is 67.4 Å². The molecule has 1 rings (SSSR count). The van der Waals surface area contributed by atoms with Crippen LogP contribution in [0, 0.1) is 0 Å². The lowest BCUT2D eigenvalue weighted by molar-refractivity contribution is -0.122. The number of amides is 3. The van der Waals surface area contributed by atoms with Crippen LogP contribution < -0.4 is 15.4 Å². The first kappa shape index (κ1) is 16.4. The van der Waals surface area contributed by atoms with Gasteiger partial charge in [-0.1, -0.05) is 13.3 Å². The molecule has 0 atom stereocenters. The molecule has 1 aromatic rings. The maximum absolute atomic E-state index is 11.5. The third kappa shape index (κ3) is 6.47. The van der Waals surface area contributed by atoms with Crippen LogP contribution in [0.15, 0.2) is 29.2 Å². The zero-order chi connectivity index (χ0) is 14.8. The van der Waals surface area contributed by atoms with E-state index in [4.69, 9.17) is 4.74 Å². The fourth-order valence-corrected chi connectivity index (χ4v) is 1.81. The van der Waals surface area contributed by atoms with Gasteiger partial charge in [0.15, 0.2) is 6.61 Å². The molecular formula is C14H20N2O3S. The van der Waals surface area contributed by atoms with E-state index < -0.39 is 11.9 Å². The third-order valence-electron chi connectivity index (χ3n) is 2.50. The summed E-state index contributed by atoms with van der Waals surface area (Å²) in [5.41, 5.74) is 0. The average molecular weight is 296 g/mol. The molecule has 0 aliphatic heterocycles. The van der Waals surface area contributed by atoms with E-state index in [1.54, 1.807) is 23.9 Å². The predicted octanol–water partition coefficient (Wildman–Crippen LogP) is 2.41. The molecule has 0 aliphatic carbocycles. The number of carbonyl (C=O) groups excluding carboxylic acids is 2. The van der Waals surface area contributed by atoms with Crippen molar-refractivity contribution >= 4 is 23.7 Å². The van der Waals surface area contributed by atoms with Crippen LogP contribution in [0.1, 0.15) is 19.8 Å². The summed E-state index contributed by atoms with van der Waals surface area (Å²) in [5.74, 6) is 0.136. The number of benzene rings is 1. The molecule has 0 aromatic heterocycles. The summed E-state index contributed by atoms with van der Waals surface area (Å²) in [6, 6.07) is 6.93. The van der Waals surface area contributed by atoms with Crippen molar-refractivity contribution in [3.63, 3.8) is 0 Å². The Morgan fingerprint density at radius 2 is 1.95 bits per heavy atom. The van der Waals surface area contributed by atoms with Crippen LogP contribution in [-0.4, -0.2) is 31.3 Å². The molecule has 110 valence electrons.